The molecule has 6 rings (SSSR count). The van der Waals surface area contributed by atoms with Crippen molar-refractivity contribution in [2.45, 2.75) is 43.7 Å². The summed E-state index contributed by atoms with van der Waals surface area (Å²) in [5.74, 6) is 2.10. The van der Waals surface area contributed by atoms with Crippen molar-refractivity contribution < 1.29 is 4.79 Å². The zero-order valence-corrected chi connectivity index (χ0v) is 23.5. The van der Waals surface area contributed by atoms with E-state index in [1.54, 1.807) is 11.8 Å². The zero-order chi connectivity index (χ0) is 26.6. The highest BCUT2D eigenvalue weighted by Gasteiger charge is 2.21. The number of fused-ring (bicyclic) bond motifs is 2. The van der Waals surface area contributed by atoms with Crippen LogP contribution in [0.15, 0.2) is 59.9 Å². The molecule has 0 radical (unpaired) electrons. The molecular weight excluding hydrogens is 504 g/mol. The third-order valence-electron chi connectivity index (χ3n) is 8.04. The van der Waals surface area contributed by atoms with E-state index in [2.05, 4.69) is 55.0 Å². The summed E-state index contributed by atoms with van der Waals surface area (Å²) in [6, 6.07) is 16.7. The van der Waals surface area contributed by atoms with Crippen molar-refractivity contribution in [3.63, 3.8) is 0 Å². The number of pyridine rings is 1. The number of thioether (sulfide) groups is 1. The second-order valence-electron chi connectivity index (χ2n) is 10.7. The number of likely N-dealkylation sites (tertiary alicyclic amines) is 1. The lowest BCUT2D eigenvalue weighted by atomic mass is 9.99. The number of nitrogens with zero attached hydrogens (tertiary/aromatic N) is 6. The molecule has 2 aliphatic rings. The summed E-state index contributed by atoms with van der Waals surface area (Å²) in [4.78, 5) is 22.0. The Morgan fingerprint density at radius 2 is 1.77 bits per heavy atom. The molecule has 202 valence electrons. The Bertz CT molecular complexity index is 1460. The van der Waals surface area contributed by atoms with Crippen LogP contribution in [-0.4, -0.2) is 73.9 Å². The monoisotopic (exact) mass is 540 g/mol. The molecular formula is C31H36N6OS. The van der Waals surface area contributed by atoms with Crippen LogP contribution < -0.4 is 0 Å². The number of piperidine rings is 1. The summed E-state index contributed by atoms with van der Waals surface area (Å²) < 4.78 is 2.09. The van der Waals surface area contributed by atoms with Crippen LogP contribution in [0.25, 0.3) is 22.3 Å². The Balaban J connectivity index is 1.00. The van der Waals surface area contributed by atoms with Crippen LogP contribution in [0.5, 0.6) is 0 Å². The first-order chi connectivity index (χ1) is 19.2. The molecule has 2 aromatic carbocycles. The van der Waals surface area contributed by atoms with E-state index < -0.39 is 0 Å². The number of hydrogen-bond acceptors (Lipinski definition) is 6. The molecule has 2 aliphatic heterocycles. The lowest BCUT2D eigenvalue weighted by Crippen LogP contribution is -2.35. The minimum Gasteiger partial charge on any atom is -0.339 e. The summed E-state index contributed by atoms with van der Waals surface area (Å²) in [6.45, 7) is 4.99. The van der Waals surface area contributed by atoms with Gasteiger partial charge in [0.25, 0.3) is 5.91 Å². The van der Waals surface area contributed by atoms with Gasteiger partial charge in [0.2, 0.25) is 0 Å². The molecule has 39 heavy (non-hydrogen) atoms. The number of amides is 1. The summed E-state index contributed by atoms with van der Waals surface area (Å²) in [5.41, 5.74) is 5.66. The van der Waals surface area contributed by atoms with Crippen LogP contribution in [0.2, 0.25) is 0 Å². The maximum absolute atomic E-state index is 13.0. The van der Waals surface area contributed by atoms with Gasteiger partial charge in [-0.1, -0.05) is 23.9 Å². The first-order valence-corrected chi connectivity index (χ1v) is 15.1. The average molecular weight is 541 g/mol. The third kappa shape index (κ3) is 5.87. The topological polar surface area (TPSA) is 67.2 Å². The summed E-state index contributed by atoms with van der Waals surface area (Å²) in [6.07, 6.45) is 8.48. The molecule has 0 spiro atoms. The molecule has 4 heterocycles. The molecule has 8 heteroatoms. The first kappa shape index (κ1) is 26.0. The van der Waals surface area contributed by atoms with Gasteiger partial charge in [-0.15, -0.1) is 10.2 Å². The minimum absolute atomic E-state index is 0.209. The standard InChI is InChI=1S/C31H36N6OS/c1-35-29(26-10-11-28-25(22-26)7-5-14-32-28)33-34-31(35)39-20-6-15-36-18-12-23-8-9-27(21-24(23)13-19-36)30(38)37-16-3-2-4-17-37/h5,7-11,14,21-22H,2-4,6,12-13,15-20H2,1H3. The Labute approximate surface area is 234 Å². The van der Waals surface area contributed by atoms with Gasteiger partial charge in [-0.25, -0.2) is 0 Å². The van der Waals surface area contributed by atoms with Crippen LogP contribution in [0, 0.1) is 0 Å². The quantitative estimate of drug-likeness (QED) is 0.236. The van der Waals surface area contributed by atoms with Crippen molar-refractivity contribution in [2.24, 2.45) is 7.05 Å². The molecule has 2 aromatic heterocycles. The van der Waals surface area contributed by atoms with Crippen molar-refractivity contribution >= 4 is 28.6 Å². The number of carbonyl (C=O) groups is 1. The molecule has 0 bridgehead atoms. The van der Waals surface area contributed by atoms with E-state index in [1.165, 1.54) is 17.5 Å². The van der Waals surface area contributed by atoms with E-state index in [9.17, 15) is 4.79 Å². The summed E-state index contributed by atoms with van der Waals surface area (Å²) in [5, 5.41) is 11.0. The fraction of sp³-hybridized carbons (Fsp3) is 0.419. The van der Waals surface area contributed by atoms with E-state index in [1.807, 2.05) is 36.3 Å². The van der Waals surface area contributed by atoms with Crippen molar-refractivity contribution in [3.05, 3.63) is 71.4 Å². The van der Waals surface area contributed by atoms with Gasteiger partial charge in [-0.2, -0.15) is 0 Å². The van der Waals surface area contributed by atoms with E-state index in [0.717, 1.165) is 104 Å². The van der Waals surface area contributed by atoms with Crippen LogP contribution >= 0.6 is 11.8 Å². The van der Waals surface area contributed by atoms with Gasteiger partial charge in [0.1, 0.15) is 0 Å². The molecule has 0 unspecified atom stereocenters. The van der Waals surface area contributed by atoms with Gasteiger partial charge in [0, 0.05) is 61.7 Å². The lowest BCUT2D eigenvalue weighted by Gasteiger charge is -2.27. The van der Waals surface area contributed by atoms with Crippen LogP contribution in [0.3, 0.4) is 0 Å². The Morgan fingerprint density at radius 3 is 2.64 bits per heavy atom. The van der Waals surface area contributed by atoms with Gasteiger partial charge in [-0.3, -0.25) is 9.78 Å². The second-order valence-corrected chi connectivity index (χ2v) is 11.7. The van der Waals surface area contributed by atoms with Gasteiger partial charge in [-0.05, 0) is 92.6 Å². The molecule has 7 nitrogen and oxygen atoms in total. The highest BCUT2D eigenvalue weighted by Crippen LogP contribution is 2.26. The highest BCUT2D eigenvalue weighted by atomic mass is 32.2. The second kappa shape index (κ2) is 11.9. The minimum atomic E-state index is 0.209. The zero-order valence-electron chi connectivity index (χ0n) is 22.7. The molecule has 0 N–H and O–H groups in total. The van der Waals surface area contributed by atoms with Crippen LogP contribution in [0.1, 0.15) is 47.2 Å². The lowest BCUT2D eigenvalue weighted by molar-refractivity contribution is 0.0724. The van der Waals surface area contributed by atoms with E-state index in [4.69, 9.17) is 0 Å². The third-order valence-corrected chi connectivity index (χ3v) is 9.14. The van der Waals surface area contributed by atoms with Crippen molar-refractivity contribution in [2.75, 3.05) is 38.5 Å². The molecule has 4 aromatic rings. The van der Waals surface area contributed by atoms with Crippen molar-refractivity contribution in [3.8, 4) is 11.4 Å². The summed E-state index contributed by atoms with van der Waals surface area (Å²) >= 11 is 1.77. The Morgan fingerprint density at radius 1 is 0.923 bits per heavy atom. The van der Waals surface area contributed by atoms with Crippen LogP contribution in [-0.2, 0) is 19.9 Å². The predicted molar refractivity (Wildman–Crippen MR) is 157 cm³/mol. The van der Waals surface area contributed by atoms with Crippen molar-refractivity contribution in [1.29, 1.82) is 0 Å². The largest absolute Gasteiger partial charge is 0.339 e. The van der Waals surface area contributed by atoms with Gasteiger partial charge < -0.3 is 14.4 Å². The Hall–Kier alpha value is -3.23. The van der Waals surface area contributed by atoms with E-state index in [-0.39, 0.29) is 5.91 Å². The summed E-state index contributed by atoms with van der Waals surface area (Å²) in [7, 11) is 2.04. The van der Waals surface area contributed by atoms with Gasteiger partial charge in [0.15, 0.2) is 11.0 Å². The number of carbonyl (C=O) groups excluding carboxylic acids is 1. The Kier molecular flexibility index (Phi) is 7.93. The SMILES string of the molecule is Cn1c(SCCCN2CCc3ccc(C(=O)N4CCCCC4)cc3CC2)nnc1-c1ccc2ncccc2c1. The maximum atomic E-state index is 13.0. The average Bonchev–Trinajstić information content (AvgIpc) is 3.22. The molecule has 0 aliphatic carbocycles. The smallest absolute Gasteiger partial charge is 0.253 e. The molecule has 1 amide bonds. The first-order valence-electron chi connectivity index (χ1n) is 14.2. The van der Waals surface area contributed by atoms with Gasteiger partial charge >= 0.3 is 0 Å². The van der Waals surface area contributed by atoms with Crippen LogP contribution in [0.4, 0.5) is 0 Å². The molecule has 0 saturated carbocycles. The highest BCUT2D eigenvalue weighted by molar-refractivity contribution is 7.99. The fourth-order valence-electron chi connectivity index (χ4n) is 5.77. The maximum Gasteiger partial charge on any atom is 0.253 e. The number of benzene rings is 2. The van der Waals surface area contributed by atoms with E-state index >= 15 is 0 Å². The number of hydrogen-bond donors (Lipinski definition) is 0. The molecule has 1 saturated heterocycles. The molecule has 1 fully saturated rings. The normalized spacial score (nSPS) is 16.3. The number of rotatable bonds is 7. The predicted octanol–water partition coefficient (Wildman–Crippen LogP) is 5.24. The van der Waals surface area contributed by atoms with Gasteiger partial charge in [0.05, 0.1) is 5.52 Å². The fourth-order valence-corrected chi connectivity index (χ4v) is 6.60. The van der Waals surface area contributed by atoms with E-state index in [0.29, 0.717) is 0 Å². The molecule has 0 atom stereocenters. The number of aromatic nitrogens is 4. The van der Waals surface area contributed by atoms with Crippen molar-refractivity contribution in [1.82, 2.24) is 29.5 Å².